The minimum Gasteiger partial charge on any atom is -0.495 e. The van der Waals surface area contributed by atoms with Gasteiger partial charge in [-0.3, -0.25) is 19.2 Å². The summed E-state index contributed by atoms with van der Waals surface area (Å²) in [4.78, 5) is 23.5. The van der Waals surface area contributed by atoms with Crippen molar-refractivity contribution in [3.63, 3.8) is 0 Å². The second-order valence-electron chi connectivity index (χ2n) is 5.23. The predicted molar refractivity (Wildman–Crippen MR) is 106 cm³/mol. The molecule has 0 saturated carbocycles. The monoisotopic (exact) mass is 446 g/mol. The second kappa shape index (κ2) is 9.71. The molecular formula is C15H18N4O6S3. The first-order chi connectivity index (χ1) is 13.2. The zero-order valence-electron chi connectivity index (χ0n) is 15.2. The van der Waals surface area contributed by atoms with Crippen LogP contribution in [0.3, 0.4) is 0 Å². The number of benzene rings is 1. The zero-order valence-corrected chi connectivity index (χ0v) is 17.7. The summed E-state index contributed by atoms with van der Waals surface area (Å²) in [5.74, 6) is -0.629. The fourth-order valence-corrected chi connectivity index (χ4v) is 4.46. The number of ether oxygens (including phenoxy) is 2. The number of nitrogens with zero attached hydrogens (tertiary/aromatic N) is 3. The Balaban J connectivity index is 2.09. The fraction of sp³-hybridized carbons (Fsp3) is 0.333. The van der Waals surface area contributed by atoms with E-state index in [2.05, 4.69) is 20.3 Å². The molecule has 13 heteroatoms. The highest BCUT2D eigenvalue weighted by atomic mass is 32.2. The van der Waals surface area contributed by atoms with Crippen LogP contribution in [-0.2, 0) is 24.3 Å². The molecule has 0 fully saturated rings. The first kappa shape index (κ1) is 21.9. The third-order valence-corrected chi connectivity index (χ3v) is 6.31. The van der Waals surface area contributed by atoms with Crippen LogP contribution in [0.5, 0.6) is 5.75 Å². The van der Waals surface area contributed by atoms with Gasteiger partial charge in [-0.25, -0.2) is 8.42 Å². The molecule has 1 aromatic heterocycles. The van der Waals surface area contributed by atoms with Crippen LogP contribution >= 0.6 is 23.1 Å². The number of esters is 1. The molecule has 2 aromatic rings. The summed E-state index contributed by atoms with van der Waals surface area (Å²) in [6.45, 7) is -0.469. The Labute approximate surface area is 170 Å². The average Bonchev–Trinajstić information content (AvgIpc) is 3.10. The van der Waals surface area contributed by atoms with E-state index in [1.807, 2.05) is 0 Å². The van der Waals surface area contributed by atoms with Crippen molar-refractivity contribution in [3.05, 3.63) is 24.3 Å². The normalized spacial score (nSPS) is 11.0. The van der Waals surface area contributed by atoms with E-state index in [-0.39, 0.29) is 16.6 Å². The number of hydrogen-bond acceptors (Lipinski definition) is 10. The van der Waals surface area contributed by atoms with Crippen LogP contribution in [0, 0.1) is 0 Å². The van der Waals surface area contributed by atoms with Crippen molar-refractivity contribution in [2.24, 2.45) is 0 Å². The molecule has 0 aliphatic rings. The van der Waals surface area contributed by atoms with Crippen molar-refractivity contribution in [1.29, 1.82) is 0 Å². The van der Waals surface area contributed by atoms with E-state index in [9.17, 15) is 18.0 Å². The van der Waals surface area contributed by atoms with Gasteiger partial charge in [0.25, 0.3) is 0 Å². The van der Waals surface area contributed by atoms with Gasteiger partial charge in [0.2, 0.25) is 21.1 Å². The van der Waals surface area contributed by atoms with Crippen molar-refractivity contribution in [2.45, 2.75) is 4.34 Å². The lowest BCUT2D eigenvalue weighted by molar-refractivity contribution is -0.137. The van der Waals surface area contributed by atoms with Gasteiger partial charge in [0.15, 0.2) is 4.34 Å². The Morgan fingerprint density at radius 1 is 1.25 bits per heavy atom. The molecule has 0 atom stereocenters. The minimum atomic E-state index is -3.75. The van der Waals surface area contributed by atoms with Crippen LogP contribution in [0.1, 0.15) is 0 Å². The first-order valence-electron chi connectivity index (χ1n) is 7.68. The molecule has 2 rings (SSSR count). The lowest BCUT2D eigenvalue weighted by Gasteiger charge is -2.23. The van der Waals surface area contributed by atoms with E-state index in [4.69, 9.17) is 4.74 Å². The number of amides is 1. The molecule has 0 aliphatic carbocycles. The van der Waals surface area contributed by atoms with Gasteiger partial charge >= 0.3 is 5.97 Å². The number of anilines is 2. The van der Waals surface area contributed by atoms with E-state index in [0.717, 1.165) is 33.7 Å². The Morgan fingerprint density at radius 2 is 1.96 bits per heavy atom. The number of methoxy groups -OCH3 is 2. The van der Waals surface area contributed by atoms with E-state index in [1.54, 1.807) is 24.3 Å². The summed E-state index contributed by atoms with van der Waals surface area (Å²) in [6.07, 6.45) is 0.999. The molecule has 152 valence electrons. The van der Waals surface area contributed by atoms with Crippen LogP contribution in [0.2, 0.25) is 0 Å². The molecule has 0 unspecified atom stereocenters. The Kier molecular flexibility index (Phi) is 7.60. The number of rotatable bonds is 9. The minimum absolute atomic E-state index is 0.0642. The van der Waals surface area contributed by atoms with E-state index in [0.29, 0.717) is 10.1 Å². The molecule has 0 bridgehead atoms. The number of thioether (sulfide) groups is 1. The summed E-state index contributed by atoms with van der Waals surface area (Å²) in [5, 5.41) is 10.3. The van der Waals surface area contributed by atoms with Crippen LogP contribution < -0.4 is 14.4 Å². The maximum atomic E-state index is 12.4. The van der Waals surface area contributed by atoms with Gasteiger partial charge in [-0.05, 0) is 12.1 Å². The van der Waals surface area contributed by atoms with Gasteiger partial charge in [-0.15, -0.1) is 10.2 Å². The molecule has 0 spiro atoms. The fourth-order valence-electron chi connectivity index (χ4n) is 2.00. The van der Waals surface area contributed by atoms with Crippen LogP contribution in [-0.4, -0.2) is 63.3 Å². The summed E-state index contributed by atoms with van der Waals surface area (Å²) in [6, 6.07) is 6.47. The number of hydrogen-bond donors (Lipinski definition) is 1. The molecule has 1 N–H and O–H groups in total. The Hall–Kier alpha value is -2.38. The van der Waals surface area contributed by atoms with E-state index >= 15 is 0 Å². The van der Waals surface area contributed by atoms with Gasteiger partial charge in [0.1, 0.15) is 12.3 Å². The summed E-state index contributed by atoms with van der Waals surface area (Å²) in [7, 11) is -1.06. The average molecular weight is 447 g/mol. The molecule has 0 saturated heterocycles. The molecule has 10 nitrogen and oxygen atoms in total. The standard InChI is InChI=1S/C15H18N4O6S3/c1-24-11-7-5-4-6-10(11)19(28(3,22)23)8-12(20)16-14-17-18-15(27-14)26-9-13(21)25-2/h4-7H,8-9H2,1-3H3,(H,16,17,20). The van der Waals surface area contributed by atoms with Crippen molar-refractivity contribution in [1.82, 2.24) is 10.2 Å². The van der Waals surface area contributed by atoms with Crippen molar-refractivity contribution >= 4 is 55.8 Å². The lowest BCUT2D eigenvalue weighted by atomic mass is 10.3. The van der Waals surface area contributed by atoms with E-state index in [1.165, 1.54) is 14.2 Å². The van der Waals surface area contributed by atoms with Crippen LogP contribution in [0.25, 0.3) is 0 Å². The summed E-state index contributed by atoms with van der Waals surface area (Å²) < 4.78 is 35.5. The predicted octanol–water partition coefficient (Wildman–Crippen LogP) is 1.22. The summed E-state index contributed by atoms with van der Waals surface area (Å²) >= 11 is 2.18. The number of carbonyl (C=O) groups is 2. The molecule has 1 amide bonds. The number of nitrogens with one attached hydrogen (secondary N) is 1. The Bertz CT molecular complexity index is 947. The van der Waals surface area contributed by atoms with E-state index < -0.39 is 28.4 Å². The van der Waals surface area contributed by atoms with Crippen LogP contribution in [0.15, 0.2) is 28.6 Å². The molecule has 0 radical (unpaired) electrons. The maximum absolute atomic E-state index is 12.4. The number of para-hydroxylation sites is 2. The molecule has 1 aromatic carbocycles. The molecule has 28 heavy (non-hydrogen) atoms. The first-order valence-corrected chi connectivity index (χ1v) is 11.3. The van der Waals surface area contributed by atoms with Crippen LogP contribution in [0.4, 0.5) is 10.8 Å². The van der Waals surface area contributed by atoms with Crippen molar-refractivity contribution in [3.8, 4) is 5.75 Å². The number of aromatic nitrogens is 2. The SMILES string of the molecule is COC(=O)CSc1nnc(NC(=O)CN(c2ccccc2OC)S(C)(=O)=O)s1. The van der Waals surface area contributed by atoms with Gasteiger partial charge in [-0.1, -0.05) is 35.2 Å². The van der Waals surface area contributed by atoms with Gasteiger partial charge < -0.3 is 9.47 Å². The third kappa shape index (κ3) is 6.07. The highest BCUT2D eigenvalue weighted by molar-refractivity contribution is 8.01. The van der Waals surface area contributed by atoms with Gasteiger partial charge in [0.05, 0.1) is 31.9 Å². The quantitative estimate of drug-likeness (QED) is 0.343. The second-order valence-corrected chi connectivity index (χ2v) is 9.33. The number of carbonyl (C=O) groups excluding carboxylic acids is 2. The smallest absolute Gasteiger partial charge is 0.316 e. The Morgan fingerprint density at radius 3 is 2.61 bits per heavy atom. The van der Waals surface area contributed by atoms with Crippen molar-refractivity contribution < 1.29 is 27.5 Å². The number of sulfonamides is 1. The molecular weight excluding hydrogens is 428 g/mol. The highest BCUT2D eigenvalue weighted by Crippen LogP contribution is 2.30. The summed E-state index contributed by atoms with van der Waals surface area (Å²) in [5.41, 5.74) is 0.245. The maximum Gasteiger partial charge on any atom is 0.316 e. The zero-order chi connectivity index (χ0) is 20.7. The largest absolute Gasteiger partial charge is 0.495 e. The third-order valence-electron chi connectivity index (χ3n) is 3.24. The molecule has 0 aliphatic heterocycles. The van der Waals surface area contributed by atoms with Gasteiger partial charge in [-0.2, -0.15) is 0 Å². The van der Waals surface area contributed by atoms with Gasteiger partial charge in [0, 0.05) is 0 Å². The molecule has 1 heterocycles. The highest BCUT2D eigenvalue weighted by Gasteiger charge is 2.24. The topological polar surface area (TPSA) is 128 Å². The van der Waals surface area contributed by atoms with Crippen molar-refractivity contribution in [2.75, 3.05) is 42.4 Å². The lowest BCUT2D eigenvalue weighted by Crippen LogP contribution is -2.37.